The molecule has 0 aromatic heterocycles. The van der Waals surface area contributed by atoms with Gasteiger partial charge in [-0.15, -0.1) is 0 Å². The van der Waals surface area contributed by atoms with Crippen LogP contribution < -0.4 is 10.1 Å². The fraction of sp³-hybridized carbons (Fsp3) is 0.647. The second kappa shape index (κ2) is 10.1. The van der Waals surface area contributed by atoms with E-state index in [9.17, 15) is 0 Å². The molecule has 20 heavy (non-hydrogen) atoms. The van der Waals surface area contributed by atoms with Crippen molar-refractivity contribution in [3.8, 4) is 5.75 Å². The van der Waals surface area contributed by atoms with Crippen LogP contribution in [0.5, 0.6) is 5.75 Å². The average molecular weight is 298 g/mol. The van der Waals surface area contributed by atoms with Crippen molar-refractivity contribution >= 4 is 11.6 Å². The number of halogens is 1. The van der Waals surface area contributed by atoms with Crippen molar-refractivity contribution in [2.75, 3.05) is 14.2 Å². The molecular weight excluding hydrogens is 270 g/mol. The maximum Gasteiger partial charge on any atom is 0.125 e. The van der Waals surface area contributed by atoms with E-state index in [0.29, 0.717) is 6.04 Å². The quantitative estimate of drug-likeness (QED) is 0.587. The molecule has 0 spiro atoms. The van der Waals surface area contributed by atoms with Gasteiger partial charge in [-0.25, -0.2) is 0 Å². The Bertz CT molecular complexity index is 381. The van der Waals surface area contributed by atoms with Crippen LogP contribution >= 0.6 is 11.6 Å². The lowest BCUT2D eigenvalue weighted by molar-refractivity contribution is 0.396. The number of hydrogen-bond acceptors (Lipinski definition) is 2. The third kappa shape index (κ3) is 5.72. The van der Waals surface area contributed by atoms with E-state index in [0.717, 1.165) is 17.2 Å². The van der Waals surface area contributed by atoms with Crippen LogP contribution in [0.25, 0.3) is 0 Å². The number of methoxy groups -OCH3 is 1. The molecule has 114 valence electrons. The molecule has 1 aromatic carbocycles. The number of ether oxygens (including phenoxy) is 1. The number of rotatable bonds is 10. The molecule has 0 saturated heterocycles. The van der Waals surface area contributed by atoms with Gasteiger partial charge in [-0.3, -0.25) is 0 Å². The Morgan fingerprint density at radius 3 is 2.50 bits per heavy atom. The van der Waals surface area contributed by atoms with Crippen LogP contribution in [0.15, 0.2) is 18.2 Å². The first-order valence-electron chi connectivity index (χ1n) is 7.73. The fourth-order valence-corrected chi connectivity index (χ4v) is 2.72. The second-order valence-electron chi connectivity index (χ2n) is 5.28. The van der Waals surface area contributed by atoms with E-state index in [4.69, 9.17) is 16.3 Å². The number of hydrogen-bond donors (Lipinski definition) is 1. The van der Waals surface area contributed by atoms with Gasteiger partial charge in [-0.2, -0.15) is 0 Å². The first-order valence-corrected chi connectivity index (χ1v) is 8.11. The van der Waals surface area contributed by atoms with Crippen molar-refractivity contribution in [1.82, 2.24) is 5.32 Å². The molecule has 1 rings (SSSR count). The van der Waals surface area contributed by atoms with E-state index >= 15 is 0 Å². The standard InChI is InChI=1S/C17H28ClNO/c1-4-5-6-7-8-9-10-16(19-2)15-12-11-14(18)13-17(15)20-3/h11-13,16,19H,4-10H2,1-3H3. The van der Waals surface area contributed by atoms with E-state index in [-0.39, 0.29) is 0 Å². The molecule has 0 amide bonds. The van der Waals surface area contributed by atoms with E-state index in [1.807, 2.05) is 19.2 Å². The summed E-state index contributed by atoms with van der Waals surface area (Å²) in [5, 5.41) is 4.11. The molecule has 0 heterocycles. The summed E-state index contributed by atoms with van der Waals surface area (Å²) in [4.78, 5) is 0. The summed E-state index contributed by atoms with van der Waals surface area (Å²) in [7, 11) is 3.71. The molecule has 0 fully saturated rings. The summed E-state index contributed by atoms with van der Waals surface area (Å²) in [6.45, 7) is 2.25. The molecule has 1 aromatic rings. The predicted octanol–water partition coefficient (Wildman–Crippen LogP) is 5.36. The second-order valence-corrected chi connectivity index (χ2v) is 5.72. The molecule has 0 aliphatic heterocycles. The predicted molar refractivity (Wildman–Crippen MR) is 87.8 cm³/mol. The molecule has 1 unspecified atom stereocenters. The lowest BCUT2D eigenvalue weighted by Crippen LogP contribution is -2.17. The molecule has 1 N–H and O–H groups in total. The fourth-order valence-electron chi connectivity index (χ4n) is 2.56. The molecular formula is C17H28ClNO. The van der Waals surface area contributed by atoms with Crippen LogP contribution in [-0.2, 0) is 0 Å². The van der Waals surface area contributed by atoms with Crippen molar-refractivity contribution in [3.63, 3.8) is 0 Å². The van der Waals surface area contributed by atoms with Crippen LogP contribution in [0.1, 0.15) is 63.5 Å². The molecule has 0 radical (unpaired) electrons. The molecule has 0 saturated carbocycles. The van der Waals surface area contributed by atoms with Gasteiger partial charge in [0.2, 0.25) is 0 Å². The molecule has 2 nitrogen and oxygen atoms in total. The molecule has 3 heteroatoms. The van der Waals surface area contributed by atoms with E-state index in [2.05, 4.69) is 18.3 Å². The molecule has 1 atom stereocenters. The normalized spacial score (nSPS) is 12.4. The monoisotopic (exact) mass is 297 g/mol. The summed E-state index contributed by atoms with van der Waals surface area (Å²) < 4.78 is 5.44. The van der Waals surface area contributed by atoms with Crippen molar-refractivity contribution in [3.05, 3.63) is 28.8 Å². The molecule has 0 aliphatic carbocycles. The number of unbranched alkanes of at least 4 members (excludes halogenated alkanes) is 5. The first-order chi connectivity index (χ1) is 9.72. The number of nitrogens with one attached hydrogen (secondary N) is 1. The Labute approximate surface area is 128 Å². The van der Waals surface area contributed by atoms with Gasteiger partial charge in [-0.05, 0) is 25.6 Å². The van der Waals surface area contributed by atoms with Gasteiger partial charge in [0, 0.05) is 16.6 Å². The van der Waals surface area contributed by atoms with E-state index in [1.165, 1.54) is 44.1 Å². The summed E-state index contributed by atoms with van der Waals surface area (Å²) in [6.07, 6.45) is 9.09. The zero-order valence-corrected chi connectivity index (χ0v) is 13.8. The minimum Gasteiger partial charge on any atom is -0.496 e. The lowest BCUT2D eigenvalue weighted by atomic mass is 9.99. The largest absolute Gasteiger partial charge is 0.496 e. The Kier molecular flexibility index (Phi) is 8.72. The highest BCUT2D eigenvalue weighted by Gasteiger charge is 2.14. The van der Waals surface area contributed by atoms with E-state index < -0.39 is 0 Å². The van der Waals surface area contributed by atoms with Crippen molar-refractivity contribution in [2.24, 2.45) is 0 Å². The third-order valence-electron chi connectivity index (χ3n) is 3.77. The first kappa shape index (κ1) is 17.3. The SMILES string of the molecule is CCCCCCCCC(NC)c1ccc(Cl)cc1OC. The van der Waals surface area contributed by atoms with Crippen molar-refractivity contribution in [2.45, 2.75) is 57.9 Å². The summed E-state index contributed by atoms with van der Waals surface area (Å²) in [5.41, 5.74) is 1.20. The van der Waals surface area contributed by atoms with Crippen molar-refractivity contribution < 1.29 is 4.74 Å². The maximum absolute atomic E-state index is 6.02. The van der Waals surface area contributed by atoms with Gasteiger partial charge < -0.3 is 10.1 Å². The Morgan fingerprint density at radius 1 is 1.15 bits per heavy atom. The van der Waals surface area contributed by atoms with Crippen LogP contribution in [0, 0.1) is 0 Å². The Hall–Kier alpha value is -0.730. The van der Waals surface area contributed by atoms with E-state index in [1.54, 1.807) is 7.11 Å². The van der Waals surface area contributed by atoms with Gasteiger partial charge in [0.15, 0.2) is 0 Å². The van der Waals surface area contributed by atoms with Gasteiger partial charge in [0.1, 0.15) is 5.75 Å². The smallest absolute Gasteiger partial charge is 0.125 e. The minimum absolute atomic E-state index is 0.341. The Balaban J connectivity index is 2.49. The molecule has 0 bridgehead atoms. The van der Waals surface area contributed by atoms with Gasteiger partial charge >= 0.3 is 0 Å². The van der Waals surface area contributed by atoms with Crippen LogP contribution in [-0.4, -0.2) is 14.2 Å². The molecule has 0 aliphatic rings. The lowest BCUT2D eigenvalue weighted by Gasteiger charge is -2.19. The van der Waals surface area contributed by atoms with Crippen LogP contribution in [0.2, 0.25) is 5.02 Å². The van der Waals surface area contributed by atoms with Gasteiger partial charge in [0.05, 0.1) is 7.11 Å². The Morgan fingerprint density at radius 2 is 1.85 bits per heavy atom. The highest BCUT2D eigenvalue weighted by molar-refractivity contribution is 6.30. The minimum atomic E-state index is 0.341. The maximum atomic E-state index is 6.02. The van der Waals surface area contributed by atoms with Gasteiger partial charge in [0.25, 0.3) is 0 Å². The highest BCUT2D eigenvalue weighted by Crippen LogP contribution is 2.31. The number of benzene rings is 1. The third-order valence-corrected chi connectivity index (χ3v) is 4.00. The van der Waals surface area contributed by atoms with Crippen molar-refractivity contribution in [1.29, 1.82) is 0 Å². The van der Waals surface area contributed by atoms with Crippen LogP contribution in [0.3, 0.4) is 0 Å². The van der Waals surface area contributed by atoms with Crippen LogP contribution in [0.4, 0.5) is 0 Å². The summed E-state index contributed by atoms with van der Waals surface area (Å²) in [6, 6.07) is 6.24. The highest BCUT2D eigenvalue weighted by atomic mass is 35.5. The van der Waals surface area contributed by atoms with Gasteiger partial charge in [-0.1, -0.05) is 63.1 Å². The zero-order valence-electron chi connectivity index (χ0n) is 13.0. The summed E-state index contributed by atoms with van der Waals surface area (Å²) >= 11 is 6.02. The topological polar surface area (TPSA) is 21.3 Å². The zero-order chi connectivity index (χ0) is 14.8. The average Bonchev–Trinajstić information content (AvgIpc) is 2.47. The summed E-state index contributed by atoms with van der Waals surface area (Å²) in [5.74, 6) is 0.878.